The molecule has 0 saturated carbocycles. The number of H-pyrrole nitrogens is 1. The molecular formula is C22H26ClN3O. The van der Waals surface area contributed by atoms with Crippen molar-refractivity contribution in [2.75, 3.05) is 0 Å². The van der Waals surface area contributed by atoms with Crippen LogP contribution in [0, 0.1) is 11.3 Å². The minimum atomic E-state index is -0.0671. The highest BCUT2D eigenvalue weighted by atomic mass is 35.5. The van der Waals surface area contributed by atoms with Crippen molar-refractivity contribution in [1.29, 1.82) is 5.41 Å². The molecule has 0 saturated heterocycles. The Kier molecular flexibility index (Phi) is 7.62. The first-order valence-electron chi connectivity index (χ1n) is 9.07. The molecule has 0 fully saturated rings. The fourth-order valence-electron chi connectivity index (χ4n) is 3.22. The van der Waals surface area contributed by atoms with E-state index >= 15 is 0 Å². The molecular weight excluding hydrogens is 358 g/mol. The smallest absolute Gasteiger partial charge is 0.271 e. The van der Waals surface area contributed by atoms with E-state index in [-0.39, 0.29) is 18.0 Å². The SMILES string of the molecule is CC(CC(=N)CCc1ccccc1)Cn1cc(-c2ccccc2)c(=O)[nH]1.Cl. The van der Waals surface area contributed by atoms with Crippen molar-refractivity contribution < 1.29 is 0 Å². The van der Waals surface area contributed by atoms with E-state index in [1.165, 1.54) is 5.56 Å². The van der Waals surface area contributed by atoms with Gasteiger partial charge in [0.15, 0.2) is 0 Å². The summed E-state index contributed by atoms with van der Waals surface area (Å²) < 4.78 is 1.85. The number of aryl methyl sites for hydroxylation is 1. The highest BCUT2D eigenvalue weighted by Gasteiger charge is 2.11. The molecule has 1 atom stereocenters. The first-order chi connectivity index (χ1) is 12.6. The quantitative estimate of drug-likeness (QED) is 0.531. The molecule has 3 rings (SSSR count). The Morgan fingerprint density at radius 1 is 1.07 bits per heavy atom. The number of benzene rings is 2. The second kappa shape index (κ2) is 9.93. The monoisotopic (exact) mass is 383 g/mol. The minimum absolute atomic E-state index is 0. The molecule has 1 unspecified atom stereocenters. The number of aromatic amines is 1. The molecule has 2 N–H and O–H groups in total. The molecule has 0 aliphatic rings. The molecule has 4 nitrogen and oxygen atoms in total. The highest BCUT2D eigenvalue weighted by Crippen LogP contribution is 2.16. The topological polar surface area (TPSA) is 61.6 Å². The van der Waals surface area contributed by atoms with Crippen molar-refractivity contribution in [3.8, 4) is 11.1 Å². The number of hydrogen-bond acceptors (Lipinski definition) is 2. The van der Waals surface area contributed by atoms with Crippen LogP contribution in [0.25, 0.3) is 11.1 Å². The Bertz CT molecular complexity index is 900. The molecule has 0 bridgehead atoms. The van der Waals surface area contributed by atoms with Crippen LogP contribution in [0.15, 0.2) is 71.7 Å². The van der Waals surface area contributed by atoms with E-state index in [4.69, 9.17) is 5.41 Å². The van der Waals surface area contributed by atoms with E-state index in [9.17, 15) is 4.79 Å². The first kappa shape index (κ1) is 20.7. The molecule has 0 aliphatic carbocycles. The molecule has 5 heteroatoms. The van der Waals surface area contributed by atoms with Crippen molar-refractivity contribution in [2.45, 2.75) is 32.7 Å². The molecule has 1 aromatic heterocycles. The van der Waals surface area contributed by atoms with Gasteiger partial charge in [0.2, 0.25) is 0 Å². The van der Waals surface area contributed by atoms with Crippen LogP contribution in [0.4, 0.5) is 0 Å². The first-order valence-corrected chi connectivity index (χ1v) is 9.07. The predicted molar refractivity (Wildman–Crippen MR) is 114 cm³/mol. The maximum absolute atomic E-state index is 12.2. The summed E-state index contributed by atoms with van der Waals surface area (Å²) in [5.41, 5.74) is 3.58. The summed E-state index contributed by atoms with van der Waals surface area (Å²) in [5.74, 6) is 0.296. The lowest BCUT2D eigenvalue weighted by atomic mass is 9.99. The van der Waals surface area contributed by atoms with Gasteiger partial charge in [-0.05, 0) is 36.3 Å². The normalized spacial score (nSPS) is 11.6. The fraction of sp³-hybridized carbons (Fsp3) is 0.273. The Hall–Kier alpha value is -2.59. The van der Waals surface area contributed by atoms with Gasteiger partial charge in [-0.2, -0.15) is 0 Å². The zero-order valence-corrected chi connectivity index (χ0v) is 16.3. The molecule has 2 aromatic carbocycles. The average molecular weight is 384 g/mol. The molecule has 0 radical (unpaired) electrons. The summed E-state index contributed by atoms with van der Waals surface area (Å²) in [6.45, 7) is 2.83. The molecule has 142 valence electrons. The van der Waals surface area contributed by atoms with Crippen LogP contribution in [0.5, 0.6) is 0 Å². The van der Waals surface area contributed by atoms with Crippen molar-refractivity contribution in [3.05, 3.63) is 82.8 Å². The van der Waals surface area contributed by atoms with E-state index in [1.807, 2.05) is 59.4 Å². The summed E-state index contributed by atoms with van der Waals surface area (Å²) in [4.78, 5) is 12.2. The van der Waals surface area contributed by atoms with Gasteiger partial charge < -0.3 is 5.41 Å². The van der Waals surface area contributed by atoms with Crippen LogP contribution in [0.2, 0.25) is 0 Å². The number of rotatable bonds is 8. The van der Waals surface area contributed by atoms with E-state index in [2.05, 4.69) is 24.2 Å². The van der Waals surface area contributed by atoms with Gasteiger partial charge in [-0.1, -0.05) is 67.6 Å². The third kappa shape index (κ3) is 5.97. The van der Waals surface area contributed by atoms with E-state index in [1.54, 1.807) is 0 Å². The Morgan fingerprint density at radius 2 is 1.70 bits per heavy atom. The van der Waals surface area contributed by atoms with Gasteiger partial charge in [-0.3, -0.25) is 14.6 Å². The summed E-state index contributed by atoms with van der Waals surface area (Å²) in [6, 6.07) is 20.0. The predicted octanol–water partition coefficient (Wildman–Crippen LogP) is 4.94. The summed E-state index contributed by atoms with van der Waals surface area (Å²) in [5, 5.41) is 11.1. The average Bonchev–Trinajstić information content (AvgIpc) is 3.01. The van der Waals surface area contributed by atoms with Crippen LogP contribution < -0.4 is 5.56 Å². The maximum atomic E-state index is 12.2. The zero-order valence-electron chi connectivity index (χ0n) is 15.5. The summed E-state index contributed by atoms with van der Waals surface area (Å²) >= 11 is 0. The number of aromatic nitrogens is 2. The second-order valence-electron chi connectivity index (χ2n) is 6.90. The van der Waals surface area contributed by atoms with Gasteiger partial charge in [0.25, 0.3) is 5.56 Å². The van der Waals surface area contributed by atoms with Gasteiger partial charge in [-0.15, -0.1) is 12.4 Å². The standard InChI is InChI=1S/C22H25N3O.ClH/c1-17(14-20(23)13-12-18-8-4-2-5-9-18)15-25-16-21(22(26)24-25)19-10-6-3-7-11-19;/h2-11,16-17,23H,12-15H2,1H3,(H,24,26);1H. The highest BCUT2D eigenvalue weighted by molar-refractivity contribution is 5.85. The lowest BCUT2D eigenvalue weighted by molar-refractivity contribution is 0.458. The van der Waals surface area contributed by atoms with Crippen molar-refractivity contribution >= 4 is 18.1 Å². The lowest BCUT2D eigenvalue weighted by Gasteiger charge is -2.13. The molecule has 3 aromatic rings. The number of nitrogens with zero attached hydrogens (tertiary/aromatic N) is 1. The van der Waals surface area contributed by atoms with Crippen LogP contribution in [-0.4, -0.2) is 15.5 Å². The Labute approximate surface area is 166 Å². The van der Waals surface area contributed by atoms with Crippen LogP contribution in [0.3, 0.4) is 0 Å². The second-order valence-corrected chi connectivity index (χ2v) is 6.90. The van der Waals surface area contributed by atoms with Crippen LogP contribution in [-0.2, 0) is 13.0 Å². The van der Waals surface area contributed by atoms with Gasteiger partial charge in [-0.25, -0.2) is 0 Å². The number of hydrogen-bond donors (Lipinski definition) is 2. The Morgan fingerprint density at radius 3 is 2.37 bits per heavy atom. The Balaban J connectivity index is 0.00000261. The van der Waals surface area contributed by atoms with Gasteiger partial charge >= 0.3 is 0 Å². The number of nitrogens with one attached hydrogen (secondary N) is 2. The van der Waals surface area contributed by atoms with Crippen LogP contribution >= 0.6 is 12.4 Å². The van der Waals surface area contributed by atoms with Crippen LogP contribution in [0.1, 0.15) is 25.3 Å². The molecule has 0 amide bonds. The molecule has 0 aliphatic heterocycles. The van der Waals surface area contributed by atoms with E-state index in [0.717, 1.165) is 30.5 Å². The molecule has 27 heavy (non-hydrogen) atoms. The third-order valence-corrected chi connectivity index (χ3v) is 4.52. The molecule has 1 heterocycles. The number of halogens is 1. The maximum Gasteiger partial charge on any atom is 0.271 e. The zero-order chi connectivity index (χ0) is 18.4. The molecule has 0 spiro atoms. The third-order valence-electron chi connectivity index (χ3n) is 4.52. The van der Waals surface area contributed by atoms with E-state index < -0.39 is 0 Å². The van der Waals surface area contributed by atoms with Gasteiger partial charge in [0.05, 0.1) is 5.56 Å². The largest absolute Gasteiger partial charge is 0.310 e. The van der Waals surface area contributed by atoms with Crippen molar-refractivity contribution in [3.63, 3.8) is 0 Å². The lowest BCUT2D eigenvalue weighted by Crippen LogP contribution is -2.14. The fourth-order valence-corrected chi connectivity index (χ4v) is 3.22. The van der Waals surface area contributed by atoms with Crippen molar-refractivity contribution in [2.24, 2.45) is 5.92 Å². The van der Waals surface area contributed by atoms with E-state index in [0.29, 0.717) is 18.0 Å². The summed E-state index contributed by atoms with van der Waals surface area (Å²) in [6.07, 6.45) is 4.31. The summed E-state index contributed by atoms with van der Waals surface area (Å²) in [7, 11) is 0. The van der Waals surface area contributed by atoms with Crippen molar-refractivity contribution in [1.82, 2.24) is 9.78 Å². The van der Waals surface area contributed by atoms with Gasteiger partial charge in [0.1, 0.15) is 0 Å². The van der Waals surface area contributed by atoms with Gasteiger partial charge in [0, 0.05) is 18.5 Å². The minimum Gasteiger partial charge on any atom is -0.310 e.